The molecule has 0 unspecified atom stereocenters. The first kappa shape index (κ1) is 14.1. The average Bonchev–Trinajstić information content (AvgIpc) is 2.47. The van der Waals surface area contributed by atoms with Gasteiger partial charge in [-0.15, -0.1) is 0 Å². The molecule has 0 radical (unpaired) electrons. The zero-order valence-electron chi connectivity index (χ0n) is 12.1. The van der Waals surface area contributed by atoms with Crippen LogP contribution in [-0.2, 0) is 0 Å². The van der Waals surface area contributed by atoms with Crippen molar-refractivity contribution in [2.24, 2.45) is 0 Å². The molecule has 20 heavy (non-hydrogen) atoms. The Labute approximate surface area is 119 Å². The van der Waals surface area contributed by atoms with Gasteiger partial charge < -0.3 is 10.2 Å². The van der Waals surface area contributed by atoms with Crippen LogP contribution < -0.4 is 10.2 Å². The number of aryl methyl sites for hydroxylation is 1. The number of hydrogen-bond donors (Lipinski definition) is 1. The third-order valence-corrected chi connectivity index (χ3v) is 3.06. The van der Waals surface area contributed by atoms with E-state index in [1.165, 1.54) is 0 Å². The first-order valence-corrected chi connectivity index (χ1v) is 6.66. The lowest BCUT2D eigenvalue weighted by molar-refractivity contribution is 0.0988. The van der Waals surface area contributed by atoms with E-state index < -0.39 is 0 Å². The number of nitrogens with zero attached hydrogens (tertiary/aromatic N) is 2. The Bertz CT molecular complexity index is 593. The highest BCUT2D eigenvalue weighted by molar-refractivity contribution is 6.04. The molecule has 0 fully saturated rings. The van der Waals surface area contributed by atoms with Gasteiger partial charge in [0.25, 0.3) is 5.91 Å². The summed E-state index contributed by atoms with van der Waals surface area (Å²) < 4.78 is 0. The monoisotopic (exact) mass is 269 g/mol. The Morgan fingerprint density at radius 1 is 1.30 bits per heavy atom. The van der Waals surface area contributed by atoms with Gasteiger partial charge in [0.1, 0.15) is 5.69 Å². The number of amides is 1. The minimum atomic E-state index is -0.112. The molecule has 0 saturated heterocycles. The Morgan fingerprint density at radius 3 is 2.70 bits per heavy atom. The molecular formula is C16H19N3O. The van der Waals surface area contributed by atoms with Crippen LogP contribution in [0.15, 0.2) is 42.6 Å². The first-order valence-electron chi connectivity index (χ1n) is 6.66. The van der Waals surface area contributed by atoms with Gasteiger partial charge in [0.15, 0.2) is 0 Å². The lowest BCUT2D eigenvalue weighted by Gasteiger charge is -2.17. The molecule has 1 aromatic heterocycles. The molecule has 2 aromatic rings. The summed E-state index contributed by atoms with van der Waals surface area (Å²) >= 11 is 0. The van der Waals surface area contributed by atoms with Gasteiger partial charge in [-0.1, -0.05) is 12.1 Å². The third-order valence-electron chi connectivity index (χ3n) is 3.06. The molecule has 4 nitrogen and oxygen atoms in total. The zero-order chi connectivity index (χ0) is 14.5. The number of carbonyl (C=O) groups is 1. The van der Waals surface area contributed by atoms with Crippen molar-refractivity contribution in [3.8, 4) is 0 Å². The fourth-order valence-electron chi connectivity index (χ4n) is 1.95. The van der Waals surface area contributed by atoms with E-state index in [2.05, 4.69) is 10.3 Å². The second kappa shape index (κ2) is 6.19. The smallest absolute Gasteiger partial charge is 0.276 e. The highest BCUT2D eigenvalue weighted by atomic mass is 16.2. The summed E-state index contributed by atoms with van der Waals surface area (Å²) in [5.41, 5.74) is 3.35. The van der Waals surface area contributed by atoms with Crippen molar-refractivity contribution in [1.29, 1.82) is 0 Å². The van der Waals surface area contributed by atoms with Gasteiger partial charge in [-0.3, -0.25) is 4.79 Å². The van der Waals surface area contributed by atoms with Crippen LogP contribution in [-0.4, -0.2) is 24.5 Å². The maximum atomic E-state index is 12.4. The molecule has 0 aliphatic rings. The van der Waals surface area contributed by atoms with Crippen LogP contribution in [0.1, 0.15) is 23.0 Å². The largest absolute Gasteiger partial charge is 0.384 e. The van der Waals surface area contributed by atoms with E-state index in [-0.39, 0.29) is 5.91 Å². The zero-order valence-corrected chi connectivity index (χ0v) is 12.1. The Morgan fingerprint density at radius 2 is 2.10 bits per heavy atom. The second-order valence-corrected chi connectivity index (χ2v) is 4.67. The van der Waals surface area contributed by atoms with Gasteiger partial charge in [-0.2, -0.15) is 0 Å². The predicted molar refractivity (Wildman–Crippen MR) is 82.3 cm³/mol. The molecule has 1 aromatic carbocycles. The number of hydrogen-bond acceptors (Lipinski definition) is 3. The van der Waals surface area contributed by atoms with Crippen molar-refractivity contribution >= 4 is 17.3 Å². The molecule has 2 rings (SSSR count). The molecule has 104 valence electrons. The average molecular weight is 269 g/mol. The molecule has 1 N–H and O–H groups in total. The summed E-state index contributed by atoms with van der Waals surface area (Å²) in [7, 11) is 1.76. The first-order chi connectivity index (χ1) is 9.61. The quantitative estimate of drug-likeness (QED) is 0.927. The predicted octanol–water partition coefficient (Wildman–Crippen LogP) is 3.10. The van der Waals surface area contributed by atoms with Crippen molar-refractivity contribution in [2.45, 2.75) is 13.8 Å². The topological polar surface area (TPSA) is 45.2 Å². The second-order valence-electron chi connectivity index (χ2n) is 4.67. The fraction of sp³-hybridized carbons (Fsp3) is 0.250. The molecule has 0 atom stereocenters. The summed E-state index contributed by atoms with van der Waals surface area (Å²) in [4.78, 5) is 18.2. The van der Waals surface area contributed by atoms with Crippen molar-refractivity contribution < 1.29 is 4.79 Å². The molecule has 0 aliphatic carbocycles. The van der Waals surface area contributed by atoms with Crippen LogP contribution in [0.2, 0.25) is 0 Å². The molecule has 0 aliphatic heterocycles. The number of nitrogens with one attached hydrogen (secondary N) is 1. The number of pyridine rings is 1. The highest BCUT2D eigenvalue weighted by Gasteiger charge is 2.14. The molecule has 4 heteroatoms. The summed E-state index contributed by atoms with van der Waals surface area (Å²) in [6.45, 7) is 4.86. The standard InChI is InChI=1S/C16H19N3O/c1-4-17-13-8-9-15(18-11-13)16(20)19(3)14-7-5-6-12(2)10-14/h5-11,17H,4H2,1-3H3. The van der Waals surface area contributed by atoms with Crippen molar-refractivity contribution in [3.05, 3.63) is 53.9 Å². The molecular weight excluding hydrogens is 250 g/mol. The van der Waals surface area contributed by atoms with E-state index in [9.17, 15) is 4.79 Å². The lowest BCUT2D eigenvalue weighted by Crippen LogP contribution is -2.27. The van der Waals surface area contributed by atoms with Crippen LogP contribution in [0.4, 0.5) is 11.4 Å². The number of rotatable bonds is 4. The minimum Gasteiger partial charge on any atom is -0.384 e. The summed E-state index contributed by atoms with van der Waals surface area (Å²) in [6, 6.07) is 11.4. The Kier molecular flexibility index (Phi) is 4.35. The third kappa shape index (κ3) is 3.15. The number of carbonyl (C=O) groups excluding carboxylic acids is 1. The van der Waals surface area contributed by atoms with E-state index >= 15 is 0 Å². The van der Waals surface area contributed by atoms with Crippen molar-refractivity contribution in [3.63, 3.8) is 0 Å². The van der Waals surface area contributed by atoms with Crippen LogP contribution in [0.25, 0.3) is 0 Å². The number of anilines is 2. The summed E-state index contributed by atoms with van der Waals surface area (Å²) in [6.07, 6.45) is 1.68. The van der Waals surface area contributed by atoms with Gasteiger partial charge in [-0.25, -0.2) is 4.98 Å². The van der Waals surface area contributed by atoms with E-state index in [1.54, 1.807) is 24.2 Å². The van der Waals surface area contributed by atoms with Gasteiger partial charge in [0, 0.05) is 19.3 Å². The van der Waals surface area contributed by atoms with Gasteiger partial charge in [-0.05, 0) is 43.7 Å². The van der Waals surface area contributed by atoms with Crippen LogP contribution >= 0.6 is 0 Å². The van der Waals surface area contributed by atoms with Gasteiger partial charge in [0.2, 0.25) is 0 Å². The van der Waals surface area contributed by atoms with E-state index in [4.69, 9.17) is 0 Å². The Balaban J connectivity index is 2.18. The number of aromatic nitrogens is 1. The maximum Gasteiger partial charge on any atom is 0.276 e. The molecule has 1 heterocycles. The maximum absolute atomic E-state index is 12.4. The molecule has 0 spiro atoms. The Hall–Kier alpha value is -2.36. The van der Waals surface area contributed by atoms with E-state index in [0.29, 0.717) is 5.69 Å². The van der Waals surface area contributed by atoms with E-state index in [0.717, 1.165) is 23.5 Å². The lowest BCUT2D eigenvalue weighted by atomic mass is 10.2. The summed E-state index contributed by atoms with van der Waals surface area (Å²) in [5, 5.41) is 3.15. The molecule has 0 bridgehead atoms. The minimum absolute atomic E-state index is 0.112. The van der Waals surface area contributed by atoms with Crippen LogP contribution in [0.3, 0.4) is 0 Å². The number of benzene rings is 1. The van der Waals surface area contributed by atoms with Gasteiger partial charge in [0.05, 0.1) is 11.9 Å². The van der Waals surface area contributed by atoms with E-state index in [1.807, 2.05) is 44.2 Å². The normalized spacial score (nSPS) is 10.2. The van der Waals surface area contributed by atoms with Crippen molar-refractivity contribution in [1.82, 2.24) is 4.98 Å². The fourth-order valence-corrected chi connectivity index (χ4v) is 1.95. The van der Waals surface area contributed by atoms with Gasteiger partial charge >= 0.3 is 0 Å². The van der Waals surface area contributed by atoms with Crippen molar-refractivity contribution in [2.75, 3.05) is 23.8 Å². The SMILES string of the molecule is CCNc1ccc(C(=O)N(C)c2cccc(C)c2)nc1. The summed E-state index contributed by atoms with van der Waals surface area (Å²) in [5.74, 6) is -0.112. The highest BCUT2D eigenvalue weighted by Crippen LogP contribution is 2.17. The molecule has 0 saturated carbocycles. The molecule has 1 amide bonds. The van der Waals surface area contributed by atoms with Crippen LogP contribution in [0.5, 0.6) is 0 Å². The van der Waals surface area contributed by atoms with Crippen LogP contribution in [0, 0.1) is 6.92 Å².